The van der Waals surface area contributed by atoms with E-state index in [1.54, 1.807) is 26.8 Å². The lowest BCUT2D eigenvalue weighted by Crippen LogP contribution is -2.63. The van der Waals surface area contributed by atoms with Crippen LogP contribution in [0, 0.1) is 29.6 Å². The second-order valence-electron chi connectivity index (χ2n) is 16.2. The Kier molecular flexibility index (Phi) is 22.8. The number of carbonyl (C=O) groups excluding carboxylic acids is 7. The summed E-state index contributed by atoms with van der Waals surface area (Å²) in [7, 11) is 2.39. The average Bonchev–Trinajstić information content (AvgIpc) is 3.24. The fourth-order valence-corrected chi connectivity index (χ4v) is 8.43. The van der Waals surface area contributed by atoms with Gasteiger partial charge in [0.2, 0.25) is 41.4 Å². The van der Waals surface area contributed by atoms with E-state index in [0.29, 0.717) is 25.7 Å². The SMILES string of the molecule is CCC(C)C1NC(=O)C(NC(=O)C(N)C(C)C)CSSCC(C(=O)NC=Cc2ccccc2)NC(=O)C(C(C)CC)NC(=O)C(C(C)CC)NC(=O)C(C(C)CC)NC1=O. The van der Waals surface area contributed by atoms with Gasteiger partial charge in [-0.3, -0.25) is 33.6 Å². The van der Waals surface area contributed by atoms with E-state index in [9.17, 15) is 33.6 Å². The van der Waals surface area contributed by atoms with Gasteiger partial charge in [0.25, 0.3) is 0 Å². The van der Waals surface area contributed by atoms with Gasteiger partial charge in [0.1, 0.15) is 36.3 Å². The topological polar surface area (TPSA) is 230 Å². The van der Waals surface area contributed by atoms with Crippen LogP contribution < -0.4 is 43.0 Å². The van der Waals surface area contributed by atoms with Crippen molar-refractivity contribution in [2.24, 2.45) is 35.3 Å². The van der Waals surface area contributed by atoms with E-state index in [1.165, 1.54) is 27.8 Å². The van der Waals surface area contributed by atoms with Crippen molar-refractivity contribution in [2.75, 3.05) is 11.5 Å². The van der Waals surface area contributed by atoms with Crippen LogP contribution >= 0.6 is 21.6 Å². The molecule has 1 fully saturated rings. The zero-order valence-corrected chi connectivity index (χ0v) is 38.6. The predicted molar refractivity (Wildman–Crippen MR) is 241 cm³/mol. The molecule has 1 aromatic rings. The standard InChI is InChI=1S/C43H70N8O7S2/c1-11-25(7)33-40(55)47-30(37(52)45-21-20-29-18-16-15-17-19-29)22-59-60-23-31(46-39(54)32(44)24(5)6)38(53)48-34(26(8)12-2)41(56)50-36(28(10)14-4)43(58)51-35(27(9)13-3)42(57)49-33/h15-21,24-28,30-36H,11-14,22-23,44H2,1-10H3,(H,45,52)(H,46,54)(H,47,55)(H,48,53)(H,49,57)(H,50,56)(H,51,58). The highest BCUT2D eigenvalue weighted by Crippen LogP contribution is 2.24. The highest BCUT2D eigenvalue weighted by Gasteiger charge is 2.38. The third-order valence-corrected chi connectivity index (χ3v) is 13.7. The molecule has 17 heteroatoms. The molecule has 1 aliphatic rings. The van der Waals surface area contributed by atoms with E-state index < -0.39 is 83.6 Å². The van der Waals surface area contributed by atoms with Gasteiger partial charge in [0.15, 0.2) is 0 Å². The molecular formula is C43H70N8O7S2. The van der Waals surface area contributed by atoms with E-state index >= 15 is 0 Å². The van der Waals surface area contributed by atoms with Gasteiger partial charge in [0.05, 0.1) is 6.04 Å². The van der Waals surface area contributed by atoms with Crippen LogP contribution in [0.15, 0.2) is 36.5 Å². The molecule has 0 aromatic heterocycles. The van der Waals surface area contributed by atoms with E-state index in [0.717, 1.165) is 5.56 Å². The van der Waals surface area contributed by atoms with Crippen molar-refractivity contribution in [3.05, 3.63) is 42.1 Å². The van der Waals surface area contributed by atoms with Gasteiger partial charge in [-0.25, -0.2) is 0 Å². The van der Waals surface area contributed by atoms with Crippen molar-refractivity contribution in [2.45, 2.75) is 137 Å². The number of nitrogens with one attached hydrogen (secondary N) is 7. The van der Waals surface area contributed by atoms with Crippen LogP contribution in [0.25, 0.3) is 6.08 Å². The summed E-state index contributed by atoms with van der Waals surface area (Å²) in [6, 6.07) is 1.88. The molecule has 1 heterocycles. The second kappa shape index (κ2) is 26.3. The van der Waals surface area contributed by atoms with Crippen LogP contribution in [0.2, 0.25) is 0 Å². The summed E-state index contributed by atoms with van der Waals surface area (Å²) < 4.78 is 0. The van der Waals surface area contributed by atoms with Crippen molar-refractivity contribution in [3.8, 4) is 0 Å². The van der Waals surface area contributed by atoms with Crippen molar-refractivity contribution < 1.29 is 33.6 Å². The molecule has 1 aliphatic heterocycles. The molecule has 0 saturated carbocycles. The Morgan fingerprint density at radius 1 is 0.650 bits per heavy atom. The lowest BCUT2D eigenvalue weighted by atomic mass is 9.92. The third kappa shape index (κ3) is 16.1. The van der Waals surface area contributed by atoms with Crippen LogP contribution in [0.5, 0.6) is 0 Å². The minimum absolute atomic E-state index is 0.0124. The van der Waals surface area contributed by atoms with E-state index in [-0.39, 0.29) is 41.1 Å². The smallest absolute Gasteiger partial charge is 0.247 e. The number of hydrogen-bond acceptors (Lipinski definition) is 10. The van der Waals surface area contributed by atoms with Gasteiger partial charge in [-0.05, 0) is 41.2 Å². The van der Waals surface area contributed by atoms with Crippen molar-refractivity contribution in [3.63, 3.8) is 0 Å². The number of hydrogen-bond donors (Lipinski definition) is 8. The lowest BCUT2D eigenvalue weighted by molar-refractivity contribution is -0.137. The fourth-order valence-electron chi connectivity index (χ4n) is 6.11. The summed E-state index contributed by atoms with van der Waals surface area (Å²) in [5, 5.41) is 19.8. The Morgan fingerprint density at radius 3 is 1.47 bits per heavy atom. The first-order valence-corrected chi connectivity index (χ1v) is 23.7. The first-order valence-electron chi connectivity index (χ1n) is 21.2. The van der Waals surface area contributed by atoms with Crippen LogP contribution in [0.3, 0.4) is 0 Å². The van der Waals surface area contributed by atoms with E-state index in [1.807, 2.05) is 78.8 Å². The molecule has 0 spiro atoms. The van der Waals surface area contributed by atoms with Crippen LogP contribution in [-0.2, 0) is 33.6 Å². The average molecular weight is 875 g/mol. The van der Waals surface area contributed by atoms with Gasteiger partial charge in [-0.2, -0.15) is 0 Å². The van der Waals surface area contributed by atoms with E-state index in [4.69, 9.17) is 5.73 Å². The third-order valence-electron chi connectivity index (χ3n) is 11.3. The lowest BCUT2D eigenvalue weighted by Gasteiger charge is -2.33. The Morgan fingerprint density at radius 2 is 1.05 bits per heavy atom. The van der Waals surface area contributed by atoms with Gasteiger partial charge in [0, 0.05) is 17.7 Å². The normalized spacial score (nSPS) is 25.6. The van der Waals surface area contributed by atoms with Crippen LogP contribution in [0.4, 0.5) is 0 Å². The maximum atomic E-state index is 14.2. The minimum atomic E-state index is -1.14. The molecule has 9 N–H and O–H groups in total. The second-order valence-corrected chi connectivity index (χ2v) is 18.8. The molecule has 7 amide bonds. The molecule has 0 aliphatic carbocycles. The molecule has 1 saturated heterocycles. The number of amides is 7. The van der Waals surface area contributed by atoms with Crippen LogP contribution in [0.1, 0.15) is 100 Å². The van der Waals surface area contributed by atoms with Crippen molar-refractivity contribution in [1.29, 1.82) is 0 Å². The summed E-state index contributed by atoms with van der Waals surface area (Å²) in [4.78, 5) is 97.6. The molecule has 11 atom stereocenters. The summed E-state index contributed by atoms with van der Waals surface area (Å²) in [5.41, 5.74) is 7.01. The van der Waals surface area contributed by atoms with Crippen LogP contribution in [-0.4, -0.2) is 95.1 Å². The number of rotatable bonds is 14. The Labute approximate surface area is 364 Å². The Bertz CT molecular complexity index is 1620. The summed E-state index contributed by atoms with van der Waals surface area (Å²) in [5.74, 6) is -5.71. The first kappa shape index (κ1) is 52.0. The fraction of sp³-hybridized carbons (Fsp3) is 0.651. The first-order chi connectivity index (χ1) is 28.4. The molecule has 336 valence electrons. The van der Waals surface area contributed by atoms with Crippen molar-refractivity contribution >= 4 is 69.0 Å². The van der Waals surface area contributed by atoms with Gasteiger partial charge < -0.3 is 43.0 Å². The largest absolute Gasteiger partial charge is 0.342 e. The number of benzene rings is 1. The molecule has 11 unspecified atom stereocenters. The number of carbonyl (C=O) groups is 7. The predicted octanol–water partition coefficient (Wildman–Crippen LogP) is 3.25. The highest BCUT2D eigenvalue weighted by atomic mass is 33.1. The van der Waals surface area contributed by atoms with E-state index in [2.05, 4.69) is 37.2 Å². The summed E-state index contributed by atoms with van der Waals surface area (Å²) in [6.45, 7) is 18.3. The molecule has 15 nitrogen and oxygen atoms in total. The zero-order chi connectivity index (χ0) is 45.1. The minimum Gasteiger partial charge on any atom is -0.342 e. The Hall–Kier alpha value is -4.09. The maximum Gasteiger partial charge on any atom is 0.247 e. The summed E-state index contributed by atoms with van der Waals surface area (Å²) >= 11 is 0. The highest BCUT2D eigenvalue weighted by molar-refractivity contribution is 8.76. The number of nitrogens with two attached hydrogens (primary N) is 1. The molecule has 1 aromatic carbocycles. The monoisotopic (exact) mass is 874 g/mol. The maximum absolute atomic E-state index is 14.2. The summed E-state index contributed by atoms with van der Waals surface area (Å²) in [6.07, 6.45) is 5.22. The van der Waals surface area contributed by atoms with Gasteiger partial charge in [-0.1, -0.05) is 147 Å². The molecule has 60 heavy (non-hydrogen) atoms. The molecule has 0 radical (unpaired) electrons. The molecule has 2 rings (SSSR count). The van der Waals surface area contributed by atoms with Gasteiger partial charge in [-0.15, -0.1) is 0 Å². The Balaban J connectivity index is 2.68. The molecular weight excluding hydrogens is 805 g/mol. The zero-order valence-electron chi connectivity index (χ0n) is 37.0. The van der Waals surface area contributed by atoms with Crippen molar-refractivity contribution in [1.82, 2.24) is 37.2 Å². The van der Waals surface area contributed by atoms with Gasteiger partial charge >= 0.3 is 0 Å². The molecule has 0 bridgehead atoms. The quantitative estimate of drug-likeness (QED) is 0.127.